The number of carbonyl (C=O) groups is 2. The lowest BCUT2D eigenvalue weighted by Crippen LogP contribution is -2.08. The third-order valence-electron chi connectivity index (χ3n) is 2.73. The number of benzene rings is 1. The van der Waals surface area contributed by atoms with E-state index >= 15 is 0 Å². The van der Waals surface area contributed by atoms with Gasteiger partial charge in [0, 0.05) is 18.8 Å². The molecule has 0 saturated carbocycles. The van der Waals surface area contributed by atoms with E-state index in [0.29, 0.717) is 16.8 Å². The van der Waals surface area contributed by atoms with E-state index in [1.165, 1.54) is 0 Å². The average Bonchev–Trinajstić information content (AvgIpc) is 2.69. The second-order valence-electron chi connectivity index (χ2n) is 4.19. The first-order valence-electron chi connectivity index (χ1n) is 5.69. The number of hydrogen-bond acceptors (Lipinski definition) is 3. The zero-order valence-corrected chi connectivity index (χ0v) is 10.4. The smallest absolute Gasteiger partial charge is 0.174 e. The number of rotatable bonds is 4. The van der Waals surface area contributed by atoms with Crippen LogP contribution in [0.1, 0.15) is 32.8 Å². The number of Topliss-reactive ketones (excluding diaryl/α,β-unsaturated/α-hetero) is 2. The van der Waals surface area contributed by atoms with E-state index in [4.69, 9.17) is 0 Å². The van der Waals surface area contributed by atoms with Gasteiger partial charge in [-0.3, -0.25) is 14.3 Å². The fraction of sp³-hybridized carbons (Fsp3) is 0.214. The van der Waals surface area contributed by atoms with Crippen molar-refractivity contribution in [2.24, 2.45) is 7.05 Å². The highest BCUT2D eigenvalue weighted by atomic mass is 16.1. The molecule has 0 aliphatic heterocycles. The van der Waals surface area contributed by atoms with Crippen LogP contribution in [0.5, 0.6) is 0 Å². The molecule has 1 aromatic heterocycles. The average molecular weight is 242 g/mol. The fourth-order valence-corrected chi connectivity index (χ4v) is 1.84. The third kappa shape index (κ3) is 2.53. The van der Waals surface area contributed by atoms with Gasteiger partial charge in [0.05, 0.1) is 17.7 Å². The van der Waals surface area contributed by atoms with Crippen LogP contribution in [0.4, 0.5) is 0 Å². The Kier molecular flexibility index (Phi) is 3.37. The van der Waals surface area contributed by atoms with Crippen molar-refractivity contribution in [3.8, 4) is 0 Å². The molecule has 1 heterocycles. The summed E-state index contributed by atoms with van der Waals surface area (Å²) >= 11 is 0. The van der Waals surface area contributed by atoms with Crippen molar-refractivity contribution in [3.05, 3.63) is 53.3 Å². The number of nitrogens with zero attached hydrogens (tertiary/aromatic N) is 2. The fourth-order valence-electron chi connectivity index (χ4n) is 1.84. The summed E-state index contributed by atoms with van der Waals surface area (Å²) in [5.41, 5.74) is 1.73. The molecule has 4 nitrogen and oxygen atoms in total. The Bertz CT molecular complexity index is 585. The molecule has 0 radical (unpaired) electrons. The largest absolute Gasteiger partial charge is 0.294 e. The lowest BCUT2D eigenvalue weighted by Gasteiger charge is -1.99. The maximum absolute atomic E-state index is 12.0. The molecule has 4 heteroatoms. The predicted octanol–water partition coefficient (Wildman–Crippen LogP) is 2.18. The van der Waals surface area contributed by atoms with Crippen LogP contribution in [-0.4, -0.2) is 21.3 Å². The van der Waals surface area contributed by atoms with Crippen LogP contribution in [0, 0.1) is 6.92 Å². The van der Waals surface area contributed by atoms with E-state index in [9.17, 15) is 9.59 Å². The van der Waals surface area contributed by atoms with E-state index in [-0.39, 0.29) is 18.0 Å². The van der Waals surface area contributed by atoms with Crippen molar-refractivity contribution < 1.29 is 9.59 Å². The maximum atomic E-state index is 12.0. The van der Waals surface area contributed by atoms with Gasteiger partial charge in [-0.15, -0.1) is 0 Å². The molecule has 0 aliphatic carbocycles. The molecule has 0 unspecified atom stereocenters. The normalized spacial score (nSPS) is 10.3. The van der Waals surface area contributed by atoms with Gasteiger partial charge in [-0.05, 0) is 6.92 Å². The molecule has 18 heavy (non-hydrogen) atoms. The second kappa shape index (κ2) is 4.96. The Labute approximate surface area is 105 Å². The Morgan fingerprint density at radius 2 is 1.83 bits per heavy atom. The van der Waals surface area contributed by atoms with E-state index in [1.54, 1.807) is 49.1 Å². The van der Waals surface area contributed by atoms with E-state index < -0.39 is 0 Å². The molecule has 2 aromatic rings. The highest BCUT2D eigenvalue weighted by molar-refractivity contribution is 6.13. The van der Waals surface area contributed by atoms with E-state index in [2.05, 4.69) is 5.10 Å². The van der Waals surface area contributed by atoms with Gasteiger partial charge in [0.2, 0.25) is 0 Å². The molecule has 0 atom stereocenters. The van der Waals surface area contributed by atoms with Gasteiger partial charge in [-0.2, -0.15) is 5.10 Å². The zero-order chi connectivity index (χ0) is 13.1. The summed E-state index contributed by atoms with van der Waals surface area (Å²) in [6.45, 7) is 1.76. The van der Waals surface area contributed by atoms with Crippen molar-refractivity contribution in [1.82, 2.24) is 9.78 Å². The number of aromatic nitrogens is 2. The second-order valence-corrected chi connectivity index (χ2v) is 4.19. The maximum Gasteiger partial charge on any atom is 0.174 e. The molecule has 0 aliphatic rings. The number of aryl methyl sites for hydroxylation is 2. The quantitative estimate of drug-likeness (QED) is 0.610. The highest BCUT2D eigenvalue weighted by Crippen LogP contribution is 2.11. The summed E-state index contributed by atoms with van der Waals surface area (Å²) in [6, 6.07) is 8.83. The van der Waals surface area contributed by atoms with Gasteiger partial charge in [0.1, 0.15) is 0 Å². The van der Waals surface area contributed by atoms with Crippen molar-refractivity contribution in [2.45, 2.75) is 13.3 Å². The van der Waals surface area contributed by atoms with Crippen LogP contribution < -0.4 is 0 Å². The SMILES string of the molecule is Cc1nn(C)cc1C(=O)CC(=O)c1ccccc1. The molecule has 0 saturated heterocycles. The van der Waals surface area contributed by atoms with Crippen molar-refractivity contribution in [3.63, 3.8) is 0 Å². The summed E-state index contributed by atoms with van der Waals surface area (Å²) in [6.07, 6.45) is 1.53. The summed E-state index contributed by atoms with van der Waals surface area (Å²) < 4.78 is 1.58. The van der Waals surface area contributed by atoms with Crippen LogP contribution in [0.3, 0.4) is 0 Å². The molecule has 0 N–H and O–H groups in total. The summed E-state index contributed by atoms with van der Waals surface area (Å²) in [5, 5.41) is 4.10. The molecule has 0 bridgehead atoms. The minimum absolute atomic E-state index is 0.115. The predicted molar refractivity (Wildman–Crippen MR) is 67.7 cm³/mol. The molecular formula is C14H14N2O2. The number of hydrogen-bond donors (Lipinski definition) is 0. The van der Waals surface area contributed by atoms with Crippen molar-refractivity contribution in [2.75, 3.05) is 0 Å². The summed E-state index contributed by atoms with van der Waals surface area (Å²) in [4.78, 5) is 23.9. The van der Waals surface area contributed by atoms with Gasteiger partial charge >= 0.3 is 0 Å². The third-order valence-corrected chi connectivity index (χ3v) is 2.73. The van der Waals surface area contributed by atoms with E-state index in [1.807, 2.05) is 6.07 Å². The number of carbonyl (C=O) groups excluding carboxylic acids is 2. The lowest BCUT2D eigenvalue weighted by atomic mass is 10.0. The number of ketones is 2. The first-order valence-corrected chi connectivity index (χ1v) is 5.69. The zero-order valence-electron chi connectivity index (χ0n) is 10.4. The Balaban J connectivity index is 2.13. The van der Waals surface area contributed by atoms with Crippen LogP contribution in [0.2, 0.25) is 0 Å². The van der Waals surface area contributed by atoms with Crippen molar-refractivity contribution >= 4 is 11.6 Å². The highest BCUT2D eigenvalue weighted by Gasteiger charge is 2.17. The Morgan fingerprint density at radius 3 is 2.39 bits per heavy atom. The first-order chi connectivity index (χ1) is 8.58. The van der Waals surface area contributed by atoms with Crippen LogP contribution in [0.15, 0.2) is 36.5 Å². The minimum atomic E-state index is -0.186. The molecule has 0 amide bonds. The van der Waals surface area contributed by atoms with Gasteiger partial charge < -0.3 is 0 Å². The molecule has 2 rings (SSSR count). The molecule has 92 valence electrons. The van der Waals surface area contributed by atoms with Crippen LogP contribution in [0.25, 0.3) is 0 Å². The lowest BCUT2D eigenvalue weighted by molar-refractivity contribution is 0.0894. The molecule has 1 aromatic carbocycles. The van der Waals surface area contributed by atoms with Gasteiger partial charge in [0.15, 0.2) is 11.6 Å². The Hall–Kier alpha value is -2.23. The topological polar surface area (TPSA) is 52.0 Å². The van der Waals surface area contributed by atoms with Gasteiger partial charge in [0.25, 0.3) is 0 Å². The molecule has 0 fully saturated rings. The Morgan fingerprint density at radius 1 is 1.17 bits per heavy atom. The molecule has 0 spiro atoms. The van der Waals surface area contributed by atoms with Crippen molar-refractivity contribution in [1.29, 1.82) is 0 Å². The summed E-state index contributed by atoms with van der Waals surface area (Å²) in [5.74, 6) is -0.349. The van der Waals surface area contributed by atoms with Crippen LogP contribution in [-0.2, 0) is 7.05 Å². The van der Waals surface area contributed by atoms with Crippen LogP contribution >= 0.6 is 0 Å². The van der Waals surface area contributed by atoms with Gasteiger partial charge in [-0.25, -0.2) is 0 Å². The minimum Gasteiger partial charge on any atom is -0.294 e. The van der Waals surface area contributed by atoms with E-state index in [0.717, 1.165) is 0 Å². The first kappa shape index (κ1) is 12.2. The monoisotopic (exact) mass is 242 g/mol. The summed E-state index contributed by atoms with van der Waals surface area (Å²) in [7, 11) is 1.75. The standard InChI is InChI=1S/C14H14N2O2/c1-10-12(9-16(2)15-10)14(18)8-13(17)11-6-4-3-5-7-11/h3-7,9H,8H2,1-2H3. The van der Waals surface area contributed by atoms with Gasteiger partial charge in [-0.1, -0.05) is 30.3 Å². The molecular weight excluding hydrogens is 228 g/mol.